The molecular weight excluding hydrogens is 196 g/mol. The van der Waals surface area contributed by atoms with Gasteiger partial charge in [0.25, 0.3) is 0 Å². The standard InChI is InChI=1S/C11H23ClSi/c1-13(2,3)9-11(8-12)10-6-4-5-7-10/h10-11H,4-9H2,1-3H3. The molecule has 0 aromatic carbocycles. The monoisotopic (exact) mass is 218 g/mol. The molecule has 0 aromatic heterocycles. The van der Waals surface area contributed by atoms with Crippen LogP contribution in [-0.4, -0.2) is 14.0 Å². The molecule has 0 spiro atoms. The second-order valence-electron chi connectivity index (χ2n) is 5.72. The number of rotatable bonds is 4. The molecule has 0 aromatic rings. The van der Waals surface area contributed by atoms with Crippen LogP contribution in [-0.2, 0) is 0 Å². The fourth-order valence-corrected chi connectivity index (χ4v) is 5.16. The summed E-state index contributed by atoms with van der Waals surface area (Å²) in [6, 6.07) is 1.43. The second-order valence-corrected chi connectivity index (χ2v) is 11.6. The molecule has 0 radical (unpaired) electrons. The maximum Gasteiger partial charge on any atom is 0.0445 e. The highest BCUT2D eigenvalue weighted by atomic mass is 35.5. The fourth-order valence-electron chi connectivity index (χ4n) is 2.56. The normalized spacial score (nSPS) is 22.2. The highest BCUT2D eigenvalue weighted by molar-refractivity contribution is 6.76. The lowest BCUT2D eigenvalue weighted by Gasteiger charge is -2.27. The van der Waals surface area contributed by atoms with Crippen LogP contribution in [0.3, 0.4) is 0 Å². The predicted octanol–water partition coefficient (Wildman–Crippen LogP) is 4.37. The summed E-state index contributed by atoms with van der Waals surface area (Å²) in [5, 5.41) is 0. The fraction of sp³-hybridized carbons (Fsp3) is 1.00. The van der Waals surface area contributed by atoms with Crippen LogP contribution in [0.5, 0.6) is 0 Å². The van der Waals surface area contributed by atoms with E-state index in [2.05, 4.69) is 19.6 Å². The lowest BCUT2D eigenvalue weighted by Crippen LogP contribution is -2.28. The maximum atomic E-state index is 6.08. The molecule has 1 rings (SSSR count). The van der Waals surface area contributed by atoms with E-state index >= 15 is 0 Å². The number of hydrogen-bond acceptors (Lipinski definition) is 0. The molecule has 1 aliphatic rings. The van der Waals surface area contributed by atoms with Crippen LogP contribution in [0, 0.1) is 11.8 Å². The largest absolute Gasteiger partial charge is 0.126 e. The minimum Gasteiger partial charge on any atom is -0.126 e. The van der Waals surface area contributed by atoms with Crippen molar-refractivity contribution in [1.82, 2.24) is 0 Å². The Morgan fingerprint density at radius 3 is 2.15 bits per heavy atom. The summed E-state index contributed by atoms with van der Waals surface area (Å²) >= 11 is 6.08. The quantitative estimate of drug-likeness (QED) is 0.486. The van der Waals surface area contributed by atoms with Crippen molar-refractivity contribution >= 4 is 19.7 Å². The van der Waals surface area contributed by atoms with Crippen LogP contribution in [0.25, 0.3) is 0 Å². The summed E-state index contributed by atoms with van der Waals surface area (Å²) in [5.41, 5.74) is 0. The number of hydrogen-bond donors (Lipinski definition) is 0. The molecule has 13 heavy (non-hydrogen) atoms. The van der Waals surface area contributed by atoms with E-state index in [1.165, 1.54) is 31.7 Å². The first-order chi connectivity index (χ1) is 6.03. The van der Waals surface area contributed by atoms with Crippen molar-refractivity contribution in [3.8, 4) is 0 Å². The molecule has 0 heterocycles. The van der Waals surface area contributed by atoms with E-state index in [0.717, 1.165) is 17.7 Å². The SMILES string of the molecule is C[Si](C)(C)CC(CCl)C1CCCC1. The van der Waals surface area contributed by atoms with E-state index in [1.807, 2.05) is 0 Å². The first-order valence-electron chi connectivity index (χ1n) is 5.59. The van der Waals surface area contributed by atoms with E-state index in [-0.39, 0.29) is 0 Å². The molecule has 1 atom stereocenters. The van der Waals surface area contributed by atoms with Gasteiger partial charge in [0.05, 0.1) is 0 Å². The van der Waals surface area contributed by atoms with Crippen molar-refractivity contribution in [2.45, 2.75) is 51.4 Å². The van der Waals surface area contributed by atoms with E-state index in [4.69, 9.17) is 11.6 Å². The molecule has 1 saturated carbocycles. The molecule has 0 saturated heterocycles. The summed E-state index contributed by atoms with van der Waals surface area (Å²) in [4.78, 5) is 0. The molecule has 0 nitrogen and oxygen atoms in total. The van der Waals surface area contributed by atoms with Crippen molar-refractivity contribution < 1.29 is 0 Å². The Morgan fingerprint density at radius 2 is 1.77 bits per heavy atom. The van der Waals surface area contributed by atoms with E-state index < -0.39 is 8.07 Å². The molecule has 1 aliphatic carbocycles. The van der Waals surface area contributed by atoms with E-state index in [1.54, 1.807) is 0 Å². The third-order valence-corrected chi connectivity index (χ3v) is 5.28. The molecule has 2 heteroatoms. The first-order valence-corrected chi connectivity index (χ1v) is 9.83. The van der Waals surface area contributed by atoms with Crippen molar-refractivity contribution in [1.29, 1.82) is 0 Å². The third kappa shape index (κ3) is 4.03. The molecule has 1 fully saturated rings. The zero-order chi connectivity index (χ0) is 9.90. The van der Waals surface area contributed by atoms with Crippen molar-refractivity contribution in [2.75, 3.05) is 5.88 Å². The molecule has 78 valence electrons. The van der Waals surface area contributed by atoms with E-state index in [9.17, 15) is 0 Å². The number of alkyl halides is 1. The smallest absolute Gasteiger partial charge is 0.0445 e. The van der Waals surface area contributed by atoms with E-state index in [0.29, 0.717) is 0 Å². The van der Waals surface area contributed by atoms with Gasteiger partial charge in [-0.15, -0.1) is 11.6 Å². The van der Waals surface area contributed by atoms with Gasteiger partial charge < -0.3 is 0 Å². The Bertz CT molecular complexity index is 145. The summed E-state index contributed by atoms with van der Waals surface area (Å²) in [6.45, 7) is 7.38. The molecular formula is C11H23ClSi. The van der Waals surface area contributed by atoms with Crippen LogP contribution in [0.4, 0.5) is 0 Å². The second kappa shape index (κ2) is 4.84. The maximum absolute atomic E-state index is 6.08. The van der Waals surface area contributed by atoms with Crippen molar-refractivity contribution in [3.05, 3.63) is 0 Å². The van der Waals surface area contributed by atoms with Gasteiger partial charge in [-0.25, -0.2) is 0 Å². The van der Waals surface area contributed by atoms with Gasteiger partial charge in [0.1, 0.15) is 0 Å². The first kappa shape index (κ1) is 11.6. The average molecular weight is 219 g/mol. The van der Waals surface area contributed by atoms with Crippen LogP contribution in [0.2, 0.25) is 25.7 Å². The molecule has 0 aliphatic heterocycles. The molecule has 0 bridgehead atoms. The minimum atomic E-state index is -0.893. The van der Waals surface area contributed by atoms with Crippen LogP contribution < -0.4 is 0 Å². The minimum absolute atomic E-state index is 0.829. The van der Waals surface area contributed by atoms with Gasteiger partial charge in [-0.1, -0.05) is 51.4 Å². The highest BCUT2D eigenvalue weighted by Crippen LogP contribution is 2.36. The van der Waals surface area contributed by atoms with Gasteiger partial charge in [-0.3, -0.25) is 0 Å². The summed E-state index contributed by atoms with van der Waals surface area (Å²) in [7, 11) is -0.893. The summed E-state index contributed by atoms with van der Waals surface area (Å²) in [6.07, 6.45) is 5.79. The lowest BCUT2D eigenvalue weighted by molar-refractivity contribution is 0.397. The summed E-state index contributed by atoms with van der Waals surface area (Å²) in [5.74, 6) is 2.69. The topological polar surface area (TPSA) is 0 Å². The van der Waals surface area contributed by atoms with Gasteiger partial charge in [-0.05, 0) is 11.8 Å². The number of halogens is 1. The third-order valence-electron chi connectivity index (χ3n) is 3.14. The lowest BCUT2D eigenvalue weighted by atomic mass is 9.94. The Kier molecular flexibility index (Phi) is 4.31. The van der Waals surface area contributed by atoms with Crippen molar-refractivity contribution in [2.24, 2.45) is 11.8 Å². The predicted molar refractivity (Wildman–Crippen MR) is 64.3 cm³/mol. The van der Waals surface area contributed by atoms with Crippen LogP contribution in [0.15, 0.2) is 0 Å². The van der Waals surface area contributed by atoms with Crippen LogP contribution >= 0.6 is 11.6 Å². The molecule has 1 unspecified atom stereocenters. The summed E-state index contributed by atoms with van der Waals surface area (Å²) < 4.78 is 0. The Labute approximate surface area is 89.1 Å². The Balaban J connectivity index is 2.42. The Hall–Kier alpha value is 0.507. The van der Waals surface area contributed by atoms with Gasteiger partial charge >= 0.3 is 0 Å². The van der Waals surface area contributed by atoms with Gasteiger partial charge in [0.2, 0.25) is 0 Å². The Morgan fingerprint density at radius 1 is 1.23 bits per heavy atom. The van der Waals surface area contributed by atoms with Crippen LogP contribution in [0.1, 0.15) is 25.7 Å². The zero-order valence-corrected chi connectivity index (χ0v) is 11.0. The highest BCUT2D eigenvalue weighted by Gasteiger charge is 2.28. The average Bonchev–Trinajstić information content (AvgIpc) is 2.50. The molecule has 0 N–H and O–H groups in total. The van der Waals surface area contributed by atoms with Gasteiger partial charge in [0, 0.05) is 14.0 Å². The zero-order valence-electron chi connectivity index (χ0n) is 9.28. The van der Waals surface area contributed by atoms with Gasteiger partial charge in [0.15, 0.2) is 0 Å². The van der Waals surface area contributed by atoms with Gasteiger partial charge in [-0.2, -0.15) is 0 Å². The van der Waals surface area contributed by atoms with Crippen molar-refractivity contribution in [3.63, 3.8) is 0 Å². The molecule has 0 amide bonds.